The summed E-state index contributed by atoms with van der Waals surface area (Å²) in [5.41, 5.74) is 0.0723. The van der Waals surface area contributed by atoms with Crippen molar-refractivity contribution in [1.82, 2.24) is 14.8 Å². The largest absolute Gasteiger partial charge is 0.478 e. The van der Waals surface area contributed by atoms with Crippen LogP contribution in [0, 0.1) is 5.82 Å². The number of amides is 2. The minimum absolute atomic E-state index is 0.0538. The molecule has 8 nitrogen and oxygen atoms in total. The fourth-order valence-electron chi connectivity index (χ4n) is 3.70. The molecule has 158 valence electrons. The Labute approximate surface area is 175 Å². The summed E-state index contributed by atoms with van der Waals surface area (Å²) in [5.74, 6) is -3.99. The average molecular weight is 423 g/mol. The molecule has 0 radical (unpaired) electrons. The number of halogens is 1. The van der Waals surface area contributed by atoms with Gasteiger partial charge in [-0.2, -0.15) is 0 Å². The molecule has 1 fully saturated rings. The van der Waals surface area contributed by atoms with Crippen LogP contribution >= 0.6 is 0 Å². The predicted molar refractivity (Wildman–Crippen MR) is 108 cm³/mol. The van der Waals surface area contributed by atoms with Gasteiger partial charge >= 0.3 is 5.97 Å². The molecule has 0 unspecified atom stereocenters. The molecule has 3 aromatic rings. The minimum Gasteiger partial charge on any atom is -0.478 e. The number of H-pyrrole nitrogens is 1. The number of piperazine rings is 1. The lowest BCUT2D eigenvalue weighted by molar-refractivity contribution is -0.127. The van der Waals surface area contributed by atoms with E-state index in [-0.39, 0.29) is 54.1 Å². The molecule has 1 aliphatic heterocycles. The van der Waals surface area contributed by atoms with Crippen molar-refractivity contribution in [2.45, 2.75) is 0 Å². The third kappa shape index (κ3) is 3.65. The van der Waals surface area contributed by atoms with E-state index in [9.17, 15) is 28.7 Å². The van der Waals surface area contributed by atoms with E-state index in [0.717, 1.165) is 18.3 Å². The lowest BCUT2D eigenvalue weighted by atomic mass is 10.0. The van der Waals surface area contributed by atoms with Crippen LogP contribution < -0.4 is 0 Å². The summed E-state index contributed by atoms with van der Waals surface area (Å²) in [4.78, 5) is 54.9. The number of aromatic amines is 1. The maximum atomic E-state index is 14.4. The highest BCUT2D eigenvalue weighted by Gasteiger charge is 2.31. The number of nitrogens with zero attached hydrogens (tertiary/aromatic N) is 2. The van der Waals surface area contributed by atoms with Gasteiger partial charge in [-0.05, 0) is 24.3 Å². The van der Waals surface area contributed by atoms with E-state index in [4.69, 9.17) is 0 Å². The lowest BCUT2D eigenvalue weighted by Crippen LogP contribution is -2.52. The zero-order chi connectivity index (χ0) is 22.1. The number of carboxylic acids is 1. The molecule has 0 spiro atoms. The van der Waals surface area contributed by atoms with Crippen LogP contribution in [0.5, 0.6) is 0 Å². The topological polar surface area (TPSA) is 111 Å². The number of carbonyl (C=O) groups excluding carboxylic acids is 3. The molecule has 0 saturated carbocycles. The van der Waals surface area contributed by atoms with Crippen molar-refractivity contribution in [2.24, 2.45) is 0 Å². The summed E-state index contributed by atoms with van der Waals surface area (Å²) >= 11 is 0. The van der Waals surface area contributed by atoms with E-state index in [2.05, 4.69) is 4.98 Å². The van der Waals surface area contributed by atoms with Gasteiger partial charge in [0.05, 0.1) is 16.6 Å². The molecule has 0 atom stereocenters. The van der Waals surface area contributed by atoms with Crippen LogP contribution in [0.4, 0.5) is 4.39 Å². The van der Waals surface area contributed by atoms with E-state index in [0.29, 0.717) is 5.56 Å². The highest BCUT2D eigenvalue weighted by Crippen LogP contribution is 2.26. The average Bonchev–Trinajstić information content (AvgIpc) is 3.24. The zero-order valence-electron chi connectivity index (χ0n) is 16.3. The van der Waals surface area contributed by atoms with Gasteiger partial charge in [-0.15, -0.1) is 0 Å². The Hall–Kier alpha value is -4.01. The summed E-state index contributed by atoms with van der Waals surface area (Å²) in [7, 11) is 0. The second kappa shape index (κ2) is 8.02. The first kappa shape index (κ1) is 20.3. The molecule has 1 aromatic heterocycles. The van der Waals surface area contributed by atoms with Crippen LogP contribution in [0.1, 0.15) is 31.1 Å². The van der Waals surface area contributed by atoms with Crippen molar-refractivity contribution in [2.75, 3.05) is 26.2 Å². The second-order valence-electron chi connectivity index (χ2n) is 7.13. The zero-order valence-corrected chi connectivity index (χ0v) is 16.3. The van der Waals surface area contributed by atoms with Crippen molar-refractivity contribution in [1.29, 1.82) is 0 Å². The maximum Gasteiger partial charge on any atom is 0.337 e. The van der Waals surface area contributed by atoms with Gasteiger partial charge in [-0.3, -0.25) is 14.4 Å². The van der Waals surface area contributed by atoms with Gasteiger partial charge in [0.2, 0.25) is 0 Å². The second-order valence-corrected chi connectivity index (χ2v) is 7.13. The fourth-order valence-corrected chi connectivity index (χ4v) is 3.70. The number of aromatic nitrogens is 1. The van der Waals surface area contributed by atoms with Crippen LogP contribution in [-0.4, -0.2) is 69.6 Å². The van der Waals surface area contributed by atoms with E-state index >= 15 is 0 Å². The normalized spacial score (nSPS) is 14.0. The third-order valence-electron chi connectivity index (χ3n) is 5.33. The van der Waals surface area contributed by atoms with Crippen molar-refractivity contribution in [3.63, 3.8) is 0 Å². The molecule has 2 N–H and O–H groups in total. The number of hydrogen-bond acceptors (Lipinski definition) is 4. The van der Waals surface area contributed by atoms with Gasteiger partial charge in [-0.25, -0.2) is 9.18 Å². The highest BCUT2D eigenvalue weighted by atomic mass is 19.1. The van der Waals surface area contributed by atoms with Gasteiger partial charge in [-0.1, -0.05) is 18.2 Å². The van der Waals surface area contributed by atoms with E-state index in [1.165, 1.54) is 4.90 Å². The SMILES string of the molecule is O=C(O)c1ccc(F)c2c(C(=O)C(=O)N3CCN(C(=O)c4ccccc4)CC3)c[nH]c12. The van der Waals surface area contributed by atoms with Crippen LogP contribution in [-0.2, 0) is 4.79 Å². The maximum absolute atomic E-state index is 14.4. The van der Waals surface area contributed by atoms with Crippen LogP contribution in [0.25, 0.3) is 10.9 Å². The number of fused-ring (bicyclic) bond motifs is 1. The Kier molecular flexibility index (Phi) is 5.24. The molecule has 1 aliphatic rings. The van der Waals surface area contributed by atoms with Gasteiger partial charge in [0, 0.05) is 43.3 Å². The monoisotopic (exact) mass is 423 g/mol. The number of nitrogens with one attached hydrogen (secondary N) is 1. The van der Waals surface area contributed by atoms with Crippen molar-refractivity contribution in [3.8, 4) is 0 Å². The Morgan fingerprint density at radius 2 is 1.52 bits per heavy atom. The molecular formula is C22H18FN3O5. The number of ketones is 1. The molecule has 31 heavy (non-hydrogen) atoms. The number of carbonyl (C=O) groups is 4. The summed E-state index contributed by atoms with van der Waals surface area (Å²) in [6, 6.07) is 10.8. The molecule has 4 rings (SSSR count). The third-order valence-corrected chi connectivity index (χ3v) is 5.33. The fraction of sp³-hybridized carbons (Fsp3) is 0.182. The molecule has 9 heteroatoms. The first-order valence-corrected chi connectivity index (χ1v) is 9.59. The van der Waals surface area contributed by atoms with E-state index < -0.39 is 23.5 Å². The Bertz CT molecular complexity index is 1200. The highest BCUT2D eigenvalue weighted by molar-refractivity contribution is 6.45. The lowest BCUT2D eigenvalue weighted by Gasteiger charge is -2.34. The standard InChI is InChI=1S/C22H18FN3O5/c23-16-7-6-14(22(30)31)18-17(16)15(12-24-18)19(27)21(29)26-10-8-25(9-11-26)20(28)13-4-2-1-3-5-13/h1-7,12,24H,8-11H2,(H,30,31). The van der Waals surface area contributed by atoms with E-state index in [1.807, 2.05) is 6.07 Å². The quantitative estimate of drug-likeness (QED) is 0.494. The Balaban J connectivity index is 1.50. The van der Waals surface area contributed by atoms with E-state index in [1.54, 1.807) is 29.2 Å². The molecule has 0 aliphatic carbocycles. The van der Waals surface area contributed by atoms with Crippen molar-refractivity contribution in [3.05, 3.63) is 71.2 Å². The number of rotatable bonds is 4. The number of Topliss-reactive ketones (excluding diaryl/α,β-unsaturated/α-hetero) is 1. The predicted octanol–water partition coefficient (Wildman–Crippen LogP) is 2.17. The van der Waals surface area contributed by atoms with Crippen LogP contribution in [0.3, 0.4) is 0 Å². The van der Waals surface area contributed by atoms with Crippen molar-refractivity contribution < 1.29 is 28.7 Å². The number of carboxylic acid groups (broad SMARTS) is 1. The first-order chi connectivity index (χ1) is 14.9. The number of benzene rings is 2. The summed E-state index contributed by atoms with van der Waals surface area (Å²) in [6.07, 6.45) is 1.15. The van der Waals surface area contributed by atoms with Crippen molar-refractivity contribution >= 4 is 34.5 Å². The molecule has 2 aromatic carbocycles. The van der Waals surface area contributed by atoms with Gasteiger partial charge in [0.15, 0.2) is 0 Å². The summed E-state index contributed by atoms with van der Waals surface area (Å²) in [6.45, 7) is 0.846. The number of hydrogen-bond donors (Lipinski definition) is 2. The molecule has 1 saturated heterocycles. The smallest absolute Gasteiger partial charge is 0.337 e. The molecule has 2 heterocycles. The van der Waals surface area contributed by atoms with Crippen LogP contribution in [0.15, 0.2) is 48.7 Å². The Morgan fingerprint density at radius 3 is 2.16 bits per heavy atom. The molecular weight excluding hydrogens is 405 g/mol. The first-order valence-electron chi connectivity index (χ1n) is 9.59. The van der Waals surface area contributed by atoms with Gasteiger partial charge in [0.1, 0.15) is 5.82 Å². The summed E-state index contributed by atoms with van der Waals surface area (Å²) in [5, 5.41) is 9.03. The Morgan fingerprint density at radius 1 is 0.871 bits per heavy atom. The molecule has 0 bridgehead atoms. The van der Waals surface area contributed by atoms with Gasteiger partial charge < -0.3 is 19.9 Å². The summed E-state index contributed by atoms with van der Waals surface area (Å²) < 4.78 is 14.4. The minimum atomic E-state index is -1.28. The molecule has 2 amide bonds. The van der Waals surface area contributed by atoms with Gasteiger partial charge in [0.25, 0.3) is 17.6 Å². The number of aromatic carboxylic acids is 1. The van der Waals surface area contributed by atoms with Crippen LogP contribution in [0.2, 0.25) is 0 Å².